The Kier molecular flexibility index (Phi) is 6.05. The standard InChI is InChI=1S/C13H21N3O3/c1-5-6-19-12-8-14-7-11(15-12)16(10(2)3)9-13(17)18-4/h7-8,10H,5-6,9H2,1-4H3. The first-order valence-electron chi connectivity index (χ1n) is 6.36. The molecule has 1 heterocycles. The maximum atomic E-state index is 11.4. The largest absolute Gasteiger partial charge is 0.477 e. The summed E-state index contributed by atoms with van der Waals surface area (Å²) in [5.41, 5.74) is 0. The molecule has 6 nitrogen and oxygen atoms in total. The van der Waals surface area contributed by atoms with Gasteiger partial charge in [-0.2, -0.15) is 4.98 Å². The van der Waals surface area contributed by atoms with Crippen molar-refractivity contribution in [2.45, 2.75) is 33.2 Å². The SMILES string of the molecule is CCCOc1cncc(N(CC(=O)OC)C(C)C)n1. The van der Waals surface area contributed by atoms with Crippen molar-refractivity contribution in [1.82, 2.24) is 9.97 Å². The molecule has 0 aliphatic heterocycles. The summed E-state index contributed by atoms with van der Waals surface area (Å²) in [6.45, 7) is 6.71. The summed E-state index contributed by atoms with van der Waals surface area (Å²) >= 11 is 0. The molecular formula is C13H21N3O3. The van der Waals surface area contributed by atoms with E-state index in [4.69, 9.17) is 4.74 Å². The lowest BCUT2D eigenvalue weighted by Crippen LogP contribution is -2.37. The van der Waals surface area contributed by atoms with Crippen LogP contribution < -0.4 is 9.64 Å². The van der Waals surface area contributed by atoms with Crippen molar-refractivity contribution in [1.29, 1.82) is 0 Å². The molecule has 0 unspecified atom stereocenters. The number of ether oxygens (including phenoxy) is 2. The average Bonchev–Trinajstić information content (AvgIpc) is 2.42. The van der Waals surface area contributed by atoms with Crippen molar-refractivity contribution < 1.29 is 14.3 Å². The number of carbonyl (C=O) groups excluding carboxylic acids is 1. The van der Waals surface area contributed by atoms with Gasteiger partial charge in [0.15, 0.2) is 5.82 Å². The van der Waals surface area contributed by atoms with Gasteiger partial charge in [0, 0.05) is 6.04 Å². The topological polar surface area (TPSA) is 64.5 Å². The van der Waals surface area contributed by atoms with E-state index in [-0.39, 0.29) is 18.6 Å². The van der Waals surface area contributed by atoms with Gasteiger partial charge in [-0.05, 0) is 20.3 Å². The number of methoxy groups -OCH3 is 1. The van der Waals surface area contributed by atoms with E-state index >= 15 is 0 Å². The number of hydrogen-bond donors (Lipinski definition) is 0. The lowest BCUT2D eigenvalue weighted by molar-refractivity contribution is -0.139. The summed E-state index contributed by atoms with van der Waals surface area (Å²) in [5, 5.41) is 0. The van der Waals surface area contributed by atoms with Crippen LogP contribution in [0.2, 0.25) is 0 Å². The molecule has 0 fully saturated rings. The molecule has 0 spiro atoms. The Morgan fingerprint density at radius 2 is 2.16 bits per heavy atom. The first-order chi connectivity index (χ1) is 9.08. The Morgan fingerprint density at radius 3 is 2.74 bits per heavy atom. The third kappa shape index (κ3) is 4.73. The highest BCUT2D eigenvalue weighted by Gasteiger charge is 2.17. The van der Waals surface area contributed by atoms with Gasteiger partial charge in [0.2, 0.25) is 5.88 Å². The fraction of sp³-hybridized carbons (Fsp3) is 0.615. The van der Waals surface area contributed by atoms with Crippen molar-refractivity contribution in [3.8, 4) is 5.88 Å². The summed E-state index contributed by atoms with van der Waals surface area (Å²) in [7, 11) is 1.37. The summed E-state index contributed by atoms with van der Waals surface area (Å²) < 4.78 is 10.1. The molecule has 106 valence electrons. The highest BCUT2D eigenvalue weighted by atomic mass is 16.5. The van der Waals surface area contributed by atoms with Crippen LogP contribution in [0.5, 0.6) is 5.88 Å². The van der Waals surface area contributed by atoms with Crippen LogP contribution in [0.3, 0.4) is 0 Å². The Morgan fingerprint density at radius 1 is 1.42 bits per heavy atom. The minimum atomic E-state index is -0.310. The Labute approximate surface area is 113 Å². The second-order valence-corrected chi connectivity index (χ2v) is 4.36. The van der Waals surface area contributed by atoms with Gasteiger partial charge in [-0.1, -0.05) is 6.92 Å². The van der Waals surface area contributed by atoms with Crippen LogP contribution in [-0.4, -0.2) is 42.2 Å². The van der Waals surface area contributed by atoms with E-state index in [1.807, 2.05) is 25.7 Å². The zero-order valence-electron chi connectivity index (χ0n) is 11.9. The van der Waals surface area contributed by atoms with E-state index in [0.29, 0.717) is 18.3 Å². The summed E-state index contributed by atoms with van der Waals surface area (Å²) in [4.78, 5) is 21.7. The number of carbonyl (C=O) groups is 1. The molecule has 6 heteroatoms. The highest BCUT2D eigenvalue weighted by molar-refractivity contribution is 5.75. The number of aromatic nitrogens is 2. The second-order valence-electron chi connectivity index (χ2n) is 4.36. The van der Waals surface area contributed by atoms with Crippen LogP contribution in [0.1, 0.15) is 27.2 Å². The first kappa shape index (κ1) is 15.2. The quantitative estimate of drug-likeness (QED) is 0.700. The van der Waals surface area contributed by atoms with Crippen molar-refractivity contribution in [2.75, 3.05) is 25.2 Å². The third-order valence-electron chi connectivity index (χ3n) is 2.50. The van der Waals surface area contributed by atoms with E-state index in [0.717, 1.165) is 6.42 Å². The number of rotatable bonds is 7. The molecular weight excluding hydrogens is 246 g/mol. The second kappa shape index (κ2) is 7.56. The molecule has 1 rings (SSSR count). The highest BCUT2D eigenvalue weighted by Crippen LogP contribution is 2.16. The molecule has 0 amide bonds. The molecule has 19 heavy (non-hydrogen) atoms. The molecule has 0 bridgehead atoms. The Balaban J connectivity index is 2.86. The lowest BCUT2D eigenvalue weighted by atomic mass is 10.3. The van der Waals surface area contributed by atoms with Crippen molar-refractivity contribution in [3.63, 3.8) is 0 Å². The minimum Gasteiger partial charge on any atom is -0.477 e. The van der Waals surface area contributed by atoms with Gasteiger partial charge in [0.1, 0.15) is 6.54 Å². The number of hydrogen-bond acceptors (Lipinski definition) is 6. The molecule has 1 aromatic rings. The monoisotopic (exact) mass is 267 g/mol. The van der Waals surface area contributed by atoms with Crippen LogP contribution in [0.25, 0.3) is 0 Å². The molecule has 0 radical (unpaired) electrons. The predicted molar refractivity (Wildman–Crippen MR) is 72.3 cm³/mol. The normalized spacial score (nSPS) is 10.4. The van der Waals surface area contributed by atoms with Crippen molar-refractivity contribution >= 4 is 11.8 Å². The van der Waals surface area contributed by atoms with Crippen LogP contribution in [0.4, 0.5) is 5.82 Å². The molecule has 0 saturated carbocycles. The van der Waals surface area contributed by atoms with Crippen LogP contribution in [0, 0.1) is 0 Å². The fourth-order valence-corrected chi connectivity index (χ4v) is 1.48. The number of esters is 1. The minimum absolute atomic E-state index is 0.106. The summed E-state index contributed by atoms with van der Waals surface area (Å²) in [6.07, 6.45) is 4.08. The van der Waals surface area contributed by atoms with Crippen LogP contribution >= 0.6 is 0 Å². The molecule has 0 atom stereocenters. The fourth-order valence-electron chi connectivity index (χ4n) is 1.48. The van der Waals surface area contributed by atoms with Crippen LogP contribution in [-0.2, 0) is 9.53 Å². The van der Waals surface area contributed by atoms with E-state index in [1.165, 1.54) is 7.11 Å². The van der Waals surface area contributed by atoms with Gasteiger partial charge in [0.25, 0.3) is 0 Å². The summed E-state index contributed by atoms with van der Waals surface area (Å²) in [6, 6.07) is 0.106. The van der Waals surface area contributed by atoms with Crippen LogP contribution in [0.15, 0.2) is 12.4 Å². The Hall–Kier alpha value is -1.85. The average molecular weight is 267 g/mol. The smallest absolute Gasteiger partial charge is 0.325 e. The van der Waals surface area contributed by atoms with Gasteiger partial charge >= 0.3 is 5.97 Å². The number of anilines is 1. The lowest BCUT2D eigenvalue weighted by Gasteiger charge is -2.26. The van der Waals surface area contributed by atoms with Gasteiger partial charge in [0.05, 0.1) is 26.1 Å². The van der Waals surface area contributed by atoms with Gasteiger partial charge in [-0.15, -0.1) is 0 Å². The summed E-state index contributed by atoms with van der Waals surface area (Å²) in [5.74, 6) is 0.763. The zero-order valence-corrected chi connectivity index (χ0v) is 11.9. The van der Waals surface area contributed by atoms with E-state index < -0.39 is 0 Å². The molecule has 0 aliphatic rings. The van der Waals surface area contributed by atoms with Gasteiger partial charge < -0.3 is 14.4 Å². The molecule has 1 aromatic heterocycles. The molecule has 0 N–H and O–H groups in total. The zero-order chi connectivity index (χ0) is 14.3. The van der Waals surface area contributed by atoms with Gasteiger partial charge in [-0.3, -0.25) is 9.78 Å². The third-order valence-corrected chi connectivity index (χ3v) is 2.50. The van der Waals surface area contributed by atoms with E-state index in [9.17, 15) is 4.79 Å². The van der Waals surface area contributed by atoms with Gasteiger partial charge in [-0.25, -0.2) is 0 Å². The number of nitrogens with zero attached hydrogens (tertiary/aromatic N) is 3. The van der Waals surface area contributed by atoms with E-state index in [2.05, 4.69) is 14.7 Å². The molecule has 0 saturated heterocycles. The molecule has 0 aliphatic carbocycles. The first-order valence-corrected chi connectivity index (χ1v) is 6.36. The van der Waals surface area contributed by atoms with E-state index in [1.54, 1.807) is 12.4 Å². The predicted octanol–water partition coefficient (Wildman–Crippen LogP) is 1.65. The maximum absolute atomic E-state index is 11.4. The van der Waals surface area contributed by atoms with Crippen molar-refractivity contribution in [3.05, 3.63) is 12.4 Å². The maximum Gasteiger partial charge on any atom is 0.325 e. The van der Waals surface area contributed by atoms with Crippen molar-refractivity contribution in [2.24, 2.45) is 0 Å². The molecule has 0 aromatic carbocycles. The Bertz CT molecular complexity index is 410.